The Balaban J connectivity index is 1.96. The van der Waals surface area contributed by atoms with Gasteiger partial charge in [-0.3, -0.25) is 9.78 Å². The van der Waals surface area contributed by atoms with Crippen LogP contribution < -0.4 is 0 Å². The molecule has 0 fully saturated rings. The van der Waals surface area contributed by atoms with Crippen molar-refractivity contribution in [2.45, 2.75) is 12.8 Å². The number of carbonyl (C=O) groups excluding carboxylic acids is 1. The fourth-order valence-corrected chi connectivity index (χ4v) is 2.10. The van der Waals surface area contributed by atoms with Gasteiger partial charge in [0.15, 0.2) is 0 Å². The van der Waals surface area contributed by atoms with Crippen molar-refractivity contribution < 1.29 is 4.79 Å². The van der Waals surface area contributed by atoms with Gasteiger partial charge in [-0.15, -0.1) is 0 Å². The summed E-state index contributed by atoms with van der Waals surface area (Å²) in [6.07, 6.45) is 2.54. The fourth-order valence-electron chi connectivity index (χ4n) is 1.61. The van der Waals surface area contributed by atoms with E-state index in [2.05, 4.69) is 36.8 Å². The van der Waals surface area contributed by atoms with Crippen LogP contribution in [0.15, 0.2) is 51.5 Å². The molecule has 0 amide bonds. The number of hydrogen-bond acceptors (Lipinski definition) is 2. The van der Waals surface area contributed by atoms with Gasteiger partial charge in [0.25, 0.3) is 0 Å². The lowest BCUT2D eigenvalue weighted by molar-refractivity contribution is -0.117. The van der Waals surface area contributed by atoms with Gasteiger partial charge in [-0.1, -0.05) is 28.1 Å². The summed E-state index contributed by atoms with van der Waals surface area (Å²) in [6, 6.07) is 11.6. The van der Waals surface area contributed by atoms with E-state index in [0.717, 1.165) is 20.2 Å². The van der Waals surface area contributed by atoms with Crippen molar-refractivity contribution in [2.75, 3.05) is 0 Å². The summed E-state index contributed by atoms with van der Waals surface area (Å²) >= 11 is 6.69. The Morgan fingerprint density at radius 1 is 0.944 bits per heavy atom. The smallest absolute Gasteiger partial charge is 0.143 e. The molecule has 0 aliphatic carbocycles. The van der Waals surface area contributed by atoms with Gasteiger partial charge in [-0.25, -0.2) is 0 Å². The Kier molecular flexibility index (Phi) is 4.66. The van der Waals surface area contributed by atoms with Gasteiger partial charge in [0.2, 0.25) is 0 Å². The highest BCUT2D eigenvalue weighted by Crippen LogP contribution is 2.12. The summed E-state index contributed by atoms with van der Waals surface area (Å²) in [5.41, 5.74) is 1.83. The summed E-state index contributed by atoms with van der Waals surface area (Å²) in [4.78, 5) is 16.1. The lowest BCUT2D eigenvalue weighted by Crippen LogP contribution is -2.07. The second-order valence-corrected chi connectivity index (χ2v) is 5.82. The van der Waals surface area contributed by atoms with Crippen LogP contribution in [0.5, 0.6) is 0 Å². The molecule has 2 aromatic rings. The van der Waals surface area contributed by atoms with Crippen LogP contribution in [0.2, 0.25) is 0 Å². The molecule has 0 bridgehead atoms. The van der Waals surface area contributed by atoms with Gasteiger partial charge in [0.1, 0.15) is 5.78 Å². The molecule has 0 unspecified atom stereocenters. The lowest BCUT2D eigenvalue weighted by atomic mass is 10.1. The third kappa shape index (κ3) is 4.03. The van der Waals surface area contributed by atoms with Crippen molar-refractivity contribution in [1.82, 2.24) is 4.98 Å². The summed E-state index contributed by atoms with van der Waals surface area (Å²) in [6.45, 7) is 0. The average molecular weight is 369 g/mol. The number of rotatable bonds is 4. The highest BCUT2D eigenvalue weighted by atomic mass is 79.9. The normalized spacial score (nSPS) is 10.3. The first-order valence-corrected chi connectivity index (χ1v) is 7.08. The molecule has 0 spiro atoms. The minimum absolute atomic E-state index is 0.173. The number of halogens is 2. The largest absolute Gasteiger partial charge is 0.299 e. The van der Waals surface area contributed by atoms with Gasteiger partial charge in [-0.2, -0.15) is 0 Å². The van der Waals surface area contributed by atoms with Crippen LogP contribution in [0.25, 0.3) is 0 Å². The first kappa shape index (κ1) is 13.4. The van der Waals surface area contributed by atoms with Crippen molar-refractivity contribution >= 4 is 37.6 Å². The standard InChI is InChI=1S/C14H11Br2NO/c15-11-3-1-10(2-4-11)7-14(18)8-13-6-5-12(16)9-17-13/h1-6,9H,7-8H2. The molecule has 1 heterocycles. The fraction of sp³-hybridized carbons (Fsp3) is 0.143. The molecular weight excluding hydrogens is 358 g/mol. The zero-order valence-corrected chi connectivity index (χ0v) is 12.7. The first-order valence-electron chi connectivity index (χ1n) is 5.50. The van der Waals surface area contributed by atoms with E-state index in [1.165, 1.54) is 0 Å². The predicted octanol–water partition coefficient (Wildman–Crippen LogP) is 3.96. The van der Waals surface area contributed by atoms with Crippen molar-refractivity contribution in [1.29, 1.82) is 0 Å². The molecule has 18 heavy (non-hydrogen) atoms. The topological polar surface area (TPSA) is 30.0 Å². The highest BCUT2D eigenvalue weighted by Gasteiger charge is 2.06. The van der Waals surface area contributed by atoms with Crippen LogP contribution in [0.4, 0.5) is 0 Å². The maximum atomic E-state index is 11.9. The van der Waals surface area contributed by atoms with Crippen LogP contribution >= 0.6 is 31.9 Å². The van der Waals surface area contributed by atoms with Crippen molar-refractivity contribution in [3.8, 4) is 0 Å². The van der Waals surface area contributed by atoms with Crippen LogP contribution in [-0.2, 0) is 17.6 Å². The van der Waals surface area contributed by atoms with Gasteiger partial charge in [0, 0.05) is 33.7 Å². The molecule has 4 heteroatoms. The molecule has 92 valence electrons. The third-order valence-corrected chi connectivity index (χ3v) is 3.48. The van der Waals surface area contributed by atoms with E-state index in [-0.39, 0.29) is 5.78 Å². The predicted molar refractivity (Wildman–Crippen MR) is 78.5 cm³/mol. The van der Waals surface area contributed by atoms with Gasteiger partial charge >= 0.3 is 0 Å². The average Bonchev–Trinajstić information content (AvgIpc) is 2.35. The molecular formula is C14H11Br2NO. The SMILES string of the molecule is O=C(Cc1ccc(Br)cc1)Cc1ccc(Br)cn1. The Labute approximate surface area is 123 Å². The van der Waals surface area contributed by atoms with Gasteiger partial charge < -0.3 is 0 Å². The molecule has 0 aliphatic heterocycles. The van der Waals surface area contributed by atoms with E-state index in [1.54, 1.807) is 6.20 Å². The van der Waals surface area contributed by atoms with Gasteiger partial charge in [-0.05, 0) is 45.8 Å². The number of ketones is 1. The maximum absolute atomic E-state index is 11.9. The van der Waals surface area contributed by atoms with Gasteiger partial charge in [0.05, 0.1) is 0 Å². The van der Waals surface area contributed by atoms with Crippen molar-refractivity contribution in [2.24, 2.45) is 0 Å². The third-order valence-electron chi connectivity index (χ3n) is 2.48. The second-order valence-electron chi connectivity index (χ2n) is 3.99. The number of benzene rings is 1. The summed E-state index contributed by atoms with van der Waals surface area (Å²) in [5, 5.41) is 0. The van der Waals surface area contributed by atoms with E-state index >= 15 is 0 Å². The van der Waals surface area contributed by atoms with Crippen molar-refractivity contribution in [3.05, 3.63) is 62.8 Å². The minimum Gasteiger partial charge on any atom is -0.299 e. The molecule has 0 radical (unpaired) electrons. The van der Waals surface area contributed by atoms with E-state index in [4.69, 9.17) is 0 Å². The number of Topliss-reactive ketones (excluding diaryl/α,β-unsaturated/α-hetero) is 1. The van der Waals surface area contributed by atoms with E-state index in [1.807, 2.05) is 36.4 Å². The molecule has 2 rings (SSSR count). The summed E-state index contributed by atoms with van der Waals surface area (Å²) in [5.74, 6) is 0.173. The molecule has 0 aliphatic rings. The molecule has 1 aromatic heterocycles. The number of nitrogens with zero attached hydrogens (tertiary/aromatic N) is 1. The van der Waals surface area contributed by atoms with E-state index in [0.29, 0.717) is 12.8 Å². The van der Waals surface area contributed by atoms with Crippen molar-refractivity contribution in [3.63, 3.8) is 0 Å². The van der Waals surface area contributed by atoms with Crippen LogP contribution in [-0.4, -0.2) is 10.8 Å². The monoisotopic (exact) mass is 367 g/mol. The lowest BCUT2D eigenvalue weighted by Gasteiger charge is -2.02. The molecule has 0 N–H and O–H groups in total. The number of carbonyl (C=O) groups is 1. The Morgan fingerprint density at radius 3 is 2.22 bits per heavy atom. The Bertz CT molecular complexity index is 485. The molecule has 0 atom stereocenters. The Morgan fingerprint density at radius 2 is 1.61 bits per heavy atom. The second kappa shape index (κ2) is 6.25. The zero-order valence-electron chi connectivity index (χ0n) is 9.57. The quantitative estimate of drug-likeness (QED) is 0.817. The Hall–Kier alpha value is -1.00. The molecule has 0 saturated heterocycles. The van der Waals surface area contributed by atoms with Crippen LogP contribution in [0.3, 0.4) is 0 Å². The minimum atomic E-state index is 0.173. The first-order chi connectivity index (χ1) is 8.63. The maximum Gasteiger partial charge on any atom is 0.143 e. The molecule has 2 nitrogen and oxygen atoms in total. The number of pyridine rings is 1. The van der Waals surface area contributed by atoms with Crippen LogP contribution in [0, 0.1) is 0 Å². The van der Waals surface area contributed by atoms with E-state index in [9.17, 15) is 4.79 Å². The molecule has 0 saturated carbocycles. The summed E-state index contributed by atoms with van der Waals surface area (Å²) in [7, 11) is 0. The number of hydrogen-bond donors (Lipinski definition) is 0. The van der Waals surface area contributed by atoms with E-state index < -0.39 is 0 Å². The highest BCUT2D eigenvalue weighted by molar-refractivity contribution is 9.10. The zero-order chi connectivity index (χ0) is 13.0. The summed E-state index contributed by atoms with van der Waals surface area (Å²) < 4.78 is 1.94. The number of aromatic nitrogens is 1. The van der Waals surface area contributed by atoms with Crippen LogP contribution in [0.1, 0.15) is 11.3 Å². The molecule has 1 aromatic carbocycles.